The number of amides is 1. The van der Waals surface area contributed by atoms with Gasteiger partial charge in [-0.3, -0.25) is 4.79 Å². The second kappa shape index (κ2) is 5.94. The summed E-state index contributed by atoms with van der Waals surface area (Å²) in [5.41, 5.74) is 1.66. The predicted molar refractivity (Wildman–Crippen MR) is 67.8 cm³/mol. The summed E-state index contributed by atoms with van der Waals surface area (Å²) >= 11 is 0. The van der Waals surface area contributed by atoms with Crippen molar-refractivity contribution in [3.63, 3.8) is 0 Å². The van der Waals surface area contributed by atoms with Crippen LogP contribution in [-0.4, -0.2) is 20.1 Å². The standard InChI is InChI=1S/C13H17NO3/c1-5-6-10-7-12(16-3)13(17-4)8-11(10)14-9(2)15/h5,7-8H,1,6H2,2-4H3,(H,14,15). The van der Waals surface area contributed by atoms with Gasteiger partial charge < -0.3 is 14.8 Å². The van der Waals surface area contributed by atoms with E-state index in [1.165, 1.54) is 6.92 Å². The first-order chi connectivity index (χ1) is 8.12. The molecule has 17 heavy (non-hydrogen) atoms. The maximum absolute atomic E-state index is 11.1. The normalized spacial score (nSPS) is 9.59. The number of ether oxygens (including phenoxy) is 2. The Morgan fingerprint density at radius 2 is 1.94 bits per heavy atom. The third-order valence-corrected chi connectivity index (χ3v) is 2.28. The summed E-state index contributed by atoms with van der Waals surface area (Å²) in [6, 6.07) is 3.59. The summed E-state index contributed by atoms with van der Waals surface area (Å²) in [5, 5.41) is 2.76. The largest absolute Gasteiger partial charge is 0.493 e. The fourth-order valence-electron chi connectivity index (χ4n) is 1.55. The van der Waals surface area contributed by atoms with Crippen molar-refractivity contribution in [2.45, 2.75) is 13.3 Å². The summed E-state index contributed by atoms with van der Waals surface area (Å²) in [6.45, 7) is 5.16. The first-order valence-corrected chi connectivity index (χ1v) is 5.25. The van der Waals surface area contributed by atoms with Gasteiger partial charge in [-0.1, -0.05) is 6.08 Å². The van der Waals surface area contributed by atoms with Crippen LogP contribution < -0.4 is 14.8 Å². The molecule has 0 fully saturated rings. The van der Waals surface area contributed by atoms with Crippen LogP contribution in [0.4, 0.5) is 5.69 Å². The SMILES string of the molecule is C=CCc1cc(OC)c(OC)cc1NC(C)=O. The maximum Gasteiger partial charge on any atom is 0.221 e. The zero-order valence-electron chi connectivity index (χ0n) is 10.4. The molecule has 0 aliphatic rings. The lowest BCUT2D eigenvalue weighted by Crippen LogP contribution is -2.08. The second-order valence-electron chi connectivity index (χ2n) is 3.54. The Morgan fingerprint density at radius 1 is 1.35 bits per heavy atom. The van der Waals surface area contributed by atoms with Gasteiger partial charge in [0.15, 0.2) is 11.5 Å². The molecule has 4 nitrogen and oxygen atoms in total. The van der Waals surface area contributed by atoms with Gasteiger partial charge >= 0.3 is 0 Å². The Hall–Kier alpha value is -1.97. The van der Waals surface area contributed by atoms with Crippen LogP contribution in [-0.2, 0) is 11.2 Å². The molecular formula is C13H17NO3. The van der Waals surface area contributed by atoms with Gasteiger partial charge in [0.25, 0.3) is 0 Å². The van der Waals surface area contributed by atoms with Crippen molar-refractivity contribution >= 4 is 11.6 Å². The summed E-state index contributed by atoms with van der Waals surface area (Å²) < 4.78 is 10.4. The van der Waals surface area contributed by atoms with Gasteiger partial charge in [-0.25, -0.2) is 0 Å². The predicted octanol–water partition coefficient (Wildman–Crippen LogP) is 2.39. The van der Waals surface area contributed by atoms with Crippen LogP contribution in [0.25, 0.3) is 0 Å². The van der Waals surface area contributed by atoms with Crippen molar-refractivity contribution in [2.75, 3.05) is 19.5 Å². The molecule has 1 aromatic carbocycles. The molecule has 0 spiro atoms. The average molecular weight is 235 g/mol. The molecule has 0 aliphatic carbocycles. The lowest BCUT2D eigenvalue weighted by atomic mass is 10.1. The summed E-state index contributed by atoms with van der Waals surface area (Å²) in [6.07, 6.45) is 2.42. The Morgan fingerprint density at radius 3 is 2.41 bits per heavy atom. The Labute approximate surface area is 101 Å². The van der Waals surface area contributed by atoms with E-state index >= 15 is 0 Å². The van der Waals surface area contributed by atoms with E-state index in [-0.39, 0.29) is 5.91 Å². The molecule has 92 valence electrons. The van der Waals surface area contributed by atoms with Crippen LogP contribution in [0.2, 0.25) is 0 Å². The molecule has 0 saturated heterocycles. The topological polar surface area (TPSA) is 47.6 Å². The molecule has 0 aliphatic heterocycles. The van der Waals surface area contributed by atoms with E-state index in [1.54, 1.807) is 26.4 Å². The van der Waals surface area contributed by atoms with Crippen molar-refractivity contribution < 1.29 is 14.3 Å². The van der Waals surface area contributed by atoms with Gasteiger partial charge in [-0.2, -0.15) is 0 Å². The first kappa shape index (κ1) is 13.1. The van der Waals surface area contributed by atoms with Crippen molar-refractivity contribution in [3.05, 3.63) is 30.4 Å². The fourth-order valence-corrected chi connectivity index (χ4v) is 1.55. The third-order valence-electron chi connectivity index (χ3n) is 2.28. The smallest absolute Gasteiger partial charge is 0.221 e. The van der Waals surface area contributed by atoms with E-state index < -0.39 is 0 Å². The zero-order chi connectivity index (χ0) is 12.8. The molecule has 4 heteroatoms. The monoisotopic (exact) mass is 235 g/mol. The van der Waals surface area contributed by atoms with Gasteiger partial charge in [0, 0.05) is 18.7 Å². The molecule has 0 aromatic heterocycles. The Balaban J connectivity index is 3.23. The minimum atomic E-state index is -0.123. The summed E-state index contributed by atoms with van der Waals surface area (Å²) in [5.74, 6) is 1.10. The average Bonchev–Trinajstić information content (AvgIpc) is 2.30. The zero-order valence-corrected chi connectivity index (χ0v) is 10.4. The van der Waals surface area contributed by atoms with Crippen LogP contribution in [0.1, 0.15) is 12.5 Å². The molecule has 1 amide bonds. The number of anilines is 1. The van der Waals surface area contributed by atoms with E-state index in [1.807, 2.05) is 6.07 Å². The minimum absolute atomic E-state index is 0.123. The van der Waals surface area contributed by atoms with E-state index in [2.05, 4.69) is 11.9 Å². The lowest BCUT2D eigenvalue weighted by molar-refractivity contribution is -0.114. The van der Waals surface area contributed by atoms with E-state index in [4.69, 9.17) is 9.47 Å². The number of carbonyl (C=O) groups excluding carboxylic acids is 1. The third kappa shape index (κ3) is 3.24. The van der Waals surface area contributed by atoms with Crippen molar-refractivity contribution in [1.29, 1.82) is 0 Å². The molecule has 1 aromatic rings. The highest BCUT2D eigenvalue weighted by Gasteiger charge is 2.11. The van der Waals surface area contributed by atoms with Crippen molar-refractivity contribution in [3.8, 4) is 11.5 Å². The molecule has 0 atom stereocenters. The Kier molecular flexibility index (Phi) is 4.57. The highest BCUT2D eigenvalue weighted by molar-refractivity contribution is 5.90. The number of carbonyl (C=O) groups is 1. The maximum atomic E-state index is 11.1. The number of methoxy groups -OCH3 is 2. The van der Waals surface area contributed by atoms with Crippen LogP contribution >= 0.6 is 0 Å². The van der Waals surface area contributed by atoms with Crippen molar-refractivity contribution in [1.82, 2.24) is 0 Å². The van der Waals surface area contributed by atoms with E-state index in [0.29, 0.717) is 17.9 Å². The minimum Gasteiger partial charge on any atom is -0.493 e. The summed E-state index contributed by atoms with van der Waals surface area (Å²) in [7, 11) is 3.14. The molecule has 0 heterocycles. The van der Waals surface area contributed by atoms with Gasteiger partial charge in [0.2, 0.25) is 5.91 Å². The van der Waals surface area contributed by atoms with E-state index in [9.17, 15) is 4.79 Å². The number of benzene rings is 1. The molecule has 0 saturated carbocycles. The molecular weight excluding hydrogens is 218 g/mol. The van der Waals surface area contributed by atoms with E-state index in [0.717, 1.165) is 11.3 Å². The van der Waals surface area contributed by atoms with Crippen LogP contribution in [0.5, 0.6) is 11.5 Å². The number of rotatable bonds is 5. The first-order valence-electron chi connectivity index (χ1n) is 5.25. The highest BCUT2D eigenvalue weighted by Crippen LogP contribution is 2.33. The lowest BCUT2D eigenvalue weighted by Gasteiger charge is -2.14. The quantitative estimate of drug-likeness (QED) is 0.797. The van der Waals surface area contributed by atoms with Crippen molar-refractivity contribution in [2.24, 2.45) is 0 Å². The number of hydrogen-bond acceptors (Lipinski definition) is 3. The molecule has 0 bridgehead atoms. The fraction of sp³-hybridized carbons (Fsp3) is 0.308. The van der Waals surface area contributed by atoms with Gasteiger partial charge in [-0.05, 0) is 18.1 Å². The number of allylic oxidation sites excluding steroid dienone is 1. The van der Waals surface area contributed by atoms with Gasteiger partial charge in [0.05, 0.1) is 14.2 Å². The van der Waals surface area contributed by atoms with Crippen LogP contribution in [0, 0.1) is 0 Å². The molecule has 1 N–H and O–H groups in total. The van der Waals surface area contributed by atoms with Crippen LogP contribution in [0.3, 0.4) is 0 Å². The highest BCUT2D eigenvalue weighted by atomic mass is 16.5. The van der Waals surface area contributed by atoms with Gasteiger partial charge in [-0.15, -0.1) is 6.58 Å². The van der Waals surface area contributed by atoms with Gasteiger partial charge in [0.1, 0.15) is 0 Å². The molecule has 1 rings (SSSR count). The molecule has 0 unspecified atom stereocenters. The second-order valence-corrected chi connectivity index (χ2v) is 3.54. The number of nitrogens with one attached hydrogen (secondary N) is 1. The van der Waals surface area contributed by atoms with Crippen LogP contribution in [0.15, 0.2) is 24.8 Å². The Bertz CT molecular complexity index is 427. The number of hydrogen-bond donors (Lipinski definition) is 1. The molecule has 0 radical (unpaired) electrons. The summed E-state index contributed by atoms with van der Waals surface area (Å²) in [4.78, 5) is 11.1.